The van der Waals surface area contributed by atoms with Crippen LogP contribution in [0.1, 0.15) is 12.0 Å². The van der Waals surface area contributed by atoms with E-state index in [9.17, 15) is 18.0 Å². The molecule has 0 saturated heterocycles. The monoisotopic (exact) mass is 342 g/mol. The van der Waals surface area contributed by atoms with Crippen LogP contribution in [0.4, 0.5) is 23.7 Å². The summed E-state index contributed by atoms with van der Waals surface area (Å²) in [4.78, 5) is 11.7. The Balaban J connectivity index is 1.99. The van der Waals surface area contributed by atoms with E-state index in [1.54, 1.807) is 7.11 Å². The molecule has 2 rings (SSSR count). The number of carbonyl (C=O) groups is 1. The summed E-state index contributed by atoms with van der Waals surface area (Å²) < 4.78 is 44.3. The third-order valence-corrected chi connectivity index (χ3v) is 3.09. The highest BCUT2D eigenvalue weighted by atomic mass is 19.4. The summed E-state index contributed by atoms with van der Waals surface area (Å²) in [6, 6.07) is 4.35. The van der Waals surface area contributed by atoms with E-state index in [2.05, 4.69) is 15.7 Å². The zero-order chi connectivity index (χ0) is 17.6. The number of nitrogens with one attached hydrogen (secondary N) is 2. The highest BCUT2D eigenvalue weighted by Crippen LogP contribution is 2.30. The zero-order valence-corrected chi connectivity index (χ0v) is 12.9. The lowest BCUT2D eigenvalue weighted by atomic mass is 10.2. The Morgan fingerprint density at radius 1 is 1.38 bits per heavy atom. The van der Waals surface area contributed by atoms with Crippen molar-refractivity contribution in [2.45, 2.75) is 12.6 Å². The van der Waals surface area contributed by atoms with Gasteiger partial charge in [-0.05, 0) is 24.6 Å². The average molecular weight is 342 g/mol. The minimum atomic E-state index is -4.42. The predicted octanol–water partition coefficient (Wildman–Crippen LogP) is 3.05. The standard InChI is InChI=1S/C15H17F3N4O2/c1-24-7-3-6-19-14(23)21-12-9-20-22(10-12)13-5-2-4-11(8-13)15(16,17)18/h2,4-5,8-10H,3,6-7H2,1H3,(H2,19,21,23). The quantitative estimate of drug-likeness (QED) is 0.793. The fourth-order valence-electron chi connectivity index (χ4n) is 1.95. The molecular weight excluding hydrogens is 325 g/mol. The van der Waals surface area contributed by atoms with Gasteiger partial charge in [-0.2, -0.15) is 18.3 Å². The van der Waals surface area contributed by atoms with Crippen molar-refractivity contribution in [3.63, 3.8) is 0 Å². The largest absolute Gasteiger partial charge is 0.416 e. The van der Waals surface area contributed by atoms with Crippen molar-refractivity contribution in [2.24, 2.45) is 0 Å². The van der Waals surface area contributed by atoms with Crippen LogP contribution in [0.2, 0.25) is 0 Å². The SMILES string of the molecule is COCCCNC(=O)Nc1cnn(-c2cccc(C(F)(F)F)c2)c1. The van der Waals surface area contributed by atoms with Crippen molar-refractivity contribution in [1.29, 1.82) is 0 Å². The third kappa shape index (κ3) is 4.98. The van der Waals surface area contributed by atoms with Crippen LogP contribution >= 0.6 is 0 Å². The molecule has 9 heteroatoms. The molecule has 1 aromatic carbocycles. The van der Waals surface area contributed by atoms with Gasteiger partial charge < -0.3 is 15.4 Å². The smallest absolute Gasteiger partial charge is 0.385 e. The van der Waals surface area contributed by atoms with Crippen molar-refractivity contribution < 1.29 is 22.7 Å². The van der Waals surface area contributed by atoms with Crippen LogP contribution < -0.4 is 10.6 Å². The summed E-state index contributed by atoms with van der Waals surface area (Å²) >= 11 is 0. The Morgan fingerprint density at radius 3 is 2.88 bits per heavy atom. The lowest BCUT2D eigenvalue weighted by Crippen LogP contribution is -2.29. The number of urea groups is 1. The maximum absolute atomic E-state index is 12.7. The lowest BCUT2D eigenvalue weighted by molar-refractivity contribution is -0.137. The first-order valence-corrected chi connectivity index (χ1v) is 7.16. The normalized spacial score (nSPS) is 11.3. The highest BCUT2D eigenvalue weighted by Gasteiger charge is 2.30. The molecule has 130 valence electrons. The van der Waals surface area contributed by atoms with Gasteiger partial charge in [0.15, 0.2) is 0 Å². The molecule has 2 N–H and O–H groups in total. The van der Waals surface area contributed by atoms with Gasteiger partial charge in [0.2, 0.25) is 0 Å². The van der Waals surface area contributed by atoms with Gasteiger partial charge in [0.05, 0.1) is 29.3 Å². The minimum absolute atomic E-state index is 0.248. The Hall–Kier alpha value is -2.55. The number of halogens is 3. The number of ether oxygens (including phenoxy) is 1. The number of amides is 2. The summed E-state index contributed by atoms with van der Waals surface area (Å²) in [5.41, 5.74) is -0.143. The lowest BCUT2D eigenvalue weighted by Gasteiger charge is -2.08. The first-order chi connectivity index (χ1) is 11.4. The molecular formula is C15H17F3N4O2. The van der Waals surface area contributed by atoms with Gasteiger partial charge in [-0.25, -0.2) is 9.48 Å². The van der Waals surface area contributed by atoms with E-state index in [1.165, 1.54) is 29.2 Å². The molecule has 0 radical (unpaired) electrons. The molecule has 0 fully saturated rings. The van der Waals surface area contributed by atoms with Gasteiger partial charge in [0.25, 0.3) is 0 Å². The molecule has 6 nitrogen and oxygen atoms in total. The Kier molecular flexibility index (Phi) is 5.80. The summed E-state index contributed by atoms with van der Waals surface area (Å²) in [7, 11) is 1.57. The number of alkyl halides is 3. The van der Waals surface area contributed by atoms with Crippen LogP contribution in [0.5, 0.6) is 0 Å². The molecule has 24 heavy (non-hydrogen) atoms. The number of hydrogen-bond acceptors (Lipinski definition) is 3. The van der Waals surface area contributed by atoms with Crippen molar-refractivity contribution in [2.75, 3.05) is 25.6 Å². The summed E-state index contributed by atoms with van der Waals surface area (Å²) in [5, 5.41) is 9.14. The molecule has 0 unspecified atom stereocenters. The number of aromatic nitrogens is 2. The van der Waals surface area contributed by atoms with Gasteiger partial charge in [-0.3, -0.25) is 0 Å². The number of anilines is 1. The minimum Gasteiger partial charge on any atom is -0.385 e. The Labute approximate surface area is 136 Å². The van der Waals surface area contributed by atoms with Crippen LogP contribution in [-0.4, -0.2) is 36.1 Å². The number of rotatable bonds is 6. The second-order valence-electron chi connectivity index (χ2n) is 4.95. The zero-order valence-electron chi connectivity index (χ0n) is 12.9. The van der Waals surface area contributed by atoms with Crippen LogP contribution in [-0.2, 0) is 10.9 Å². The van der Waals surface area contributed by atoms with Crippen LogP contribution in [0, 0.1) is 0 Å². The maximum atomic E-state index is 12.7. The van der Waals surface area contributed by atoms with Crippen LogP contribution in [0.25, 0.3) is 5.69 Å². The number of methoxy groups -OCH3 is 1. The Bertz CT molecular complexity index is 685. The number of hydrogen-bond donors (Lipinski definition) is 2. The molecule has 0 bridgehead atoms. The molecule has 1 heterocycles. The first kappa shape index (κ1) is 17.8. The Morgan fingerprint density at radius 2 is 2.17 bits per heavy atom. The van der Waals surface area contributed by atoms with E-state index in [-0.39, 0.29) is 5.69 Å². The molecule has 1 aromatic heterocycles. The molecule has 0 aliphatic rings. The summed E-state index contributed by atoms with van der Waals surface area (Å²) in [5.74, 6) is 0. The van der Waals surface area contributed by atoms with Crippen molar-refractivity contribution >= 4 is 11.7 Å². The number of benzene rings is 1. The molecule has 2 aromatic rings. The van der Waals surface area contributed by atoms with Gasteiger partial charge in [0.1, 0.15) is 0 Å². The third-order valence-electron chi connectivity index (χ3n) is 3.09. The van der Waals surface area contributed by atoms with Gasteiger partial charge in [0, 0.05) is 20.3 Å². The van der Waals surface area contributed by atoms with Gasteiger partial charge in [-0.15, -0.1) is 0 Å². The van der Waals surface area contributed by atoms with E-state index < -0.39 is 17.8 Å². The highest BCUT2D eigenvalue weighted by molar-refractivity contribution is 5.88. The van der Waals surface area contributed by atoms with Crippen molar-refractivity contribution in [3.8, 4) is 5.69 Å². The van der Waals surface area contributed by atoms with E-state index in [0.29, 0.717) is 25.3 Å². The van der Waals surface area contributed by atoms with Crippen LogP contribution in [0.15, 0.2) is 36.7 Å². The molecule has 0 aliphatic heterocycles. The van der Waals surface area contributed by atoms with Crippen LogP contribution in [0.3, 0.4) is 0 Å². The molecule has 0 atom stereocenters. The molecule has 0 spiro atoms. The van der Waals surface area contributed by atoms with Gasteiger partial charge >= 0.3 is 12.2 Å². The van der Waals surface area contributed by atoms with E-state index in [0.717, 1.165) is 12.1 Å². The first-order valence-electron chi connectivity index (χ1n) is 7.16. The second kappa shape index (κ2) is 7.82. The van der Waals surface area contributed by atoms with E-state index in [4.69, 9.17) is 4.74 Å². The van der Waals surface area contributed by atoms with Gasteiger partial charge in [-0.1, -0.05) is 6.07 Å². The fourth-order valence-corrected chi connectivity index (χ4v) is 1.95. The summed E-state index contributed by atoms with van der Waals surface area (Å²) in [6.45, 7) is 0.981. The maximum Gasteiger partial charge on any atom is 0.416 e. The van der Waals surface area contributed by atoms with E-state index >= 15 is 0 Å². The molecule has 2 amide bonds. The number of carbonyl (C=O) groups excluding carboxylic acids is 1. The number of nitrogens with zero attached hydrogens (tertiary/aromatic N) is 2. The second-order valence-corrected chi connectivity index (χ2v) is 4.95. The predicted molar refractivity (Wildman–Crippen MR) is 82.1 cm³/mol. The average Bonchev–Trinajstić information content (AvgIpc) is 2.99. The topological polar surface area (TPSA) is 68.2 Å². The molecule has 0 saturated carbocycles. The fraction of sp³-hybridized carbons (Fsp3) is 0.333. The molecule has 0 aliphatic carbocycles. The van der Waals surface area contributed by atoms with Crippen molar-refractivity contribution in [1.82, 2.24) is 15.1 Å². The van der Waals surface area contributed by atoms with Crippen molar-refractivity contribution in [3.05, 3.63) is 42.2 Å². The van der Waals surface area contributed by atoms with E-state index in [1.807, 2.05) is 0 Å². The summed E-state index contributed by atoms with van der Waals surface area (Å²) in [6.07, 6.45) is -0.959.